The van der Waals surface area contributed by atoms with Gasteiger partial charge in [0.2, 0.25) is 6.79 Å². The van der Waals surface area contributed by atoms with E-state index < -0.39 is 6.03 Å². The largest absolute Gasteiger partial charge is 0.485 e. The van der Waals surface area contributed by atoms with E-state index in [-0.39, 0.29) is 30.8 Å². The standard InChI is InChI=1S/C23H21ClN6O5/c1-13(2)29-11-25-22-26-16(9-21(31)30(22)29)10-33-18-5-3-14(24)7-17(18)28-23(32)27-15-4-6-19-20(8-15)35-12-34-19/h3-9,11,13H,10,12H2,1-2H3,(H2,27,28,32). The highest BCUT2D eigenvalue weighted by molar-refractivity contribution is 6.31. The van der Waals surface area contributed by atoms with Crippen molar-refractivity contribution in [2.45, 2.75) is 26.5 Å². The summed E-state index contributed by atoms with van der Waals surface area (Å²) in [5, 5.41) is 5.87. The number of ether oxygens (including phenoxy) is 3. The minimum Gasteiger partial charge on any atom is -0.485 e. The van der Waals surface area contributed by atoms with Crippen molar-refractivity contribution in [1.29, 1.82) is 0 Å². The molecule has 12 heteroatoms. The second-order valence-corrected chi connectivity index (χ2v) is 8.43. The molecule has 11 nitrogen and oxygen atoms in total. The third kappa shape index (κ3) is 4.71. The molecule has 4 aromatic rings. The molecule has 35 heavy (non-hydrogen) atoms. The summed E-state index contributed by atoms with van der Waals surface area (Å²) in [6.07, 6.45) is 1.57. The van der Waals surface area contributed by atoms with Gasteiger partial charge in [-0.25, -0.2) is 9.78 Å². The van der Waals surface area contributed by atoms with Crippen molar-refractivity contribution in [2.24, 2.45) is 0 Å². The lowest BCUT2D eigenvalue weighted by Crippen LogP contribution is -2.23. The molecular formula is C23H21ClN6O5. The molecule has 0 bridgehead atoms. The molecule has 3 heterocycles. The summed E-state index contributed by atoms with van der Waals surface area (Å²) in [5.74, 6) is 1.80. The van der Waals surface area contributed by atoms with E-state index in [1.165, 1.54) is 10.6 Å². The molecule has 0 fully saturated rings. The van der Waals surface area contributed by atoms with Gasteiger partial charge in [-0.05, 0) is 44.2 Å². The predicted octanol–water partition coefficient (Wildman–Crippen LogP) is 4.08. The molecule has 1 aliphatic rings. The highest BCUT2D eigenvalue weighted by Gasteiger charge is 2.16. The van der Waals surface area contributed by atoms with Crippen molar-refractivity contribution in [2.75, 3.05) is 17.4 Å². The number of benzene rings is 2. The predicted molar refractivity (Wildman–Crippen MR) is 129 cm³/mol. The van der Waals surface area contributed by atoms with Gasteiger partial charge in [-0.15, -0.1) is 0 Å². The number of halogens is 1. The number of urea groups is 1. The molecule has 180 valence electrons. The van der Waals surface area contributed by atoms with Gasteiger partial charge < -0.3 is 24.8 Å². The molecule has 2 N–H and O–H groups in total. The molecule has 0 saturated heterocycles. The fourth-order valence-electron chi connectivity index (χ4n) is 3.55. The zero-order valence-electron chi connectivity index (χ0n) is 18.8. The molecule has 0 atom stereocenters. The van der Waals surface area contributed by atoms with Crippen LogP contribution in [0.25, 0.3) is 5.78 Å². The first-order chi connectivity index (χ1) is 16.9. The van der Waals surface area contributed by atoms with Crippen LogP contribution in [-0.2, 0) is 6.61 Å². The van der Waals surface area contributed by atoms with Gasteiger partial charge in [-0.3, -0.25) is 9.48 Å². The van der Waals surface area contributed by atoms with Crippen LogP contribution < -0.4 is 30.4 Å². The number of aromatic nitrogens is 4. The summed E-state index contributed by atoms with van der Waals surface area (Å²) >= 11 is 6.13. The van der Waals surface area contributed by atoms with E-state index in [4.69, 9.17) is 25.8 Å². The number of carbonyl (C=O) groups is 1. The maximum atomic E-state index is 12.6. The zero-order valence-corrected chi connectivity index (χ0v) is 19.6. The normalized spacial score (nSPS) is 12.2. The van der Waals surface area contributed by atoms with E-state index in [2.05, 4.69) is 20.6 Å². The van der Waals surface area contributed by atoms with Crippen LogP contribution in [0.2, 0.25) is 5.02 Å². The minimum absolute atomic E-state index is 0.0135. The van der Waals surface area contributed by atoms with Crippen LogP contribution in [0.5, 0.6) is 17.2 Å². The number of hydrogen-bond donors (Lipinski definition) is 2. The van der Waals surface area contributed by atoms with E-state index in [9.17, 15) is 9.59 Å². The summed E-state index contributed by atoms with van der Waals surface area (Å²) in [4.78, 5) is 33.8. The Morgan fingerprint density at radius 3 is 2.80 bits per heavy atom. The van der Waals surface area contributed by atoms with Gasteiger partial charge in [-0.1, -0.05) is 11.6 Å². The topological polar surface area (TPSA) is 121 Å². The monoisotopic (exact) mass is 496 g/mol. The maximum Gasteiger partial charge on any atom is 0.323 e. The van der Waals surface area contributed by atoms with E-state index >= 15 is 0 Å². The number of carbonyl (C=O) groups excluding carboxylic acids is 1. The van der Waals surface area contributed by atoms with Crippen LogP contribution >= 0.6 is 11.6 Å². The van der Waals surface area contributed by atoms with E-state index in [1.54, 1.807) is 47.4 Å². The molecule has 2 amide bonds. The molecule has 2 aromatic heterocycles. The summed E-state index contributed by atoms with van der Waals surface area (Å²) in [5.41, 5.74) is 1.000. The Morgan fingerprint density at radius 2 is 1.97 bits per heavy atom. The molecule has 5 rings (SSSR count). The van der Waals surface area contributed by atoms with Crippen LogP contribution in [0.1, 0.15) is 25.6 Å². The lowest BCUT2D eigenvalue weighted by atomic mass is 10.2. The number of rotatable bonds is 6. The SMILES string of the molecule is CC(C)n1cnc2nc(COc3ccc(Cl)cc3NC(=O)Nc3ccc4c(c3)OCO4)cc(=O)n21. The Kier molecular flexibility index (Phi) is 5.91. The fraction of sp³-hybridized carbons (Fsp3) is 0.217. The molecule has 0 radical (unpaired) electrons. The van der Waals surface area contributed by atoms with Crippen molar-refractivity contribution >= 4 is 34.8 Å². The molecule has 0 aliphatic carbocycles. The summed E-state index contributed by atoms with van der Waals surface area (Å²) in [7, 11) is 0. The van der Waals surface area contributed by atoms with E-state index in [0.717, 1.165) is 0 Å². The molecule has 2 aromatic carbocycles. The first-order valence-corrected chi connectivity index (χ1v) is 11.1. The number of nitrogens with one attached hydrogen (secondary N) is 2. The first kappa shape index (κ1) is 22.5. The quantitative estimate of drug-likeness (QED) is 0.412. The average molecular weight is 497 g/mol. The second kappa shape index (κ2) is 9.18. The minimum atomic E-state index is -0.506. The van der Waals surface area contributed by atoms with Crippen molar-refractivity contribution in [1.82, 2.24) is 19.2 Å². The van der Waals surface area contributed by atoms with Crippen molar-refractivity contribution in [3.63, 3.8) is 0 Å². The first-order valence-electron chi connectivity index (χ1n) is 10.7. The Balaban J connectivity index is 1.31. The highest BCUT2D eigenvalue weighted by Crippen LogP contribution is 2.34. The van der Waals surface area contributed by atoms with Gasteiger partial charge in [0.15, 0.2) is 11.5 Å². The number of hydrogen-bond acceptors (Lipinski definition) is 7. The van der Waals surface area contributed by atoms with Gasteiger partial charge in [0.05, 0.1) is 11.4 Å². The summed E-state index contributed by atoms with van der Waals surface area (Å²) in [6.45, 7) is 4.02. The molecule has 0 spiro atoms. The smallest absolute Gasteiger partial charge is 0.323 e. The number of amides is 2. The van der Waals surface area contributed by atoms with Crippen LogP contribution in [0.3, 0.4) is 0 Å². The van der Waals surface area contributed by atoms with Crippen LogP contribution in [0, 0.1) is 0 Å². The van der Waals surface area contributed by atoms with Gasteiger partial charge in [0, 0.05) is 28.9 Å². The fourth-order valence-corrected chi connectivity index (χ4v) is 3.72. The molecule has 1 aliphatic heterocycles. The molecule has 0 unspecified atom stereocenters. The van der Waals surface area contributed by atoms with Crippen molar-refractivity contribution < 1.29 is 19.0 Å². The number of anilines is 2. The van der Waals surface area contributed by atoms with Crippen LogP contribution in [-0.4, -0.2) is 32.0 Å². The van der Waals surface area contributed by atoms with Gasteiger partial charge in [-0.2, -0.15) is 9.50 Å². The Morgan fingerprint density at radius 1 is 1.14 bits per heavy atom. The third-order valence-electron chi connectivity index (χ3n) is 5.18. The van der Waals surface area contributed by atoms with Gasteiger partial charge >= 0.3 is 6.03 Å². The second-order valence-electron chi connectivity index (χ2n) is 7.99. The Hall–Kier alpha value is -4.25. The van der Waals surface area contributed by atoms with Crippen LogP contribution in [0.4, 0.5) is 16.2 Å². The van der Waals surface area contributed by atoms with Gasteiger partial charge in [0.1, 0.15) is 18.7 Å². The molecule has 0 saturated carbocycles. The molecular weight excluding hydrogens is 476 g/mol. The number of fused-ring (bicyclic) bond motifs is 2. The van der Waals surface area contributed by atoms with Crippen LogP contribution in [0.15, 0.2) is 53.6 Å². The third-order valence-corrected chi connectivity index (χ3v) is 5.41. The lowest BCUT2D eigenvalue weighted by Gasteiger charge is -2.14. The van der Waals surface area contributed by atoms with E-state index in [0.29, 0.717) is 39.3 Å². The Bertz CT molecular complexity index is 1480. The maximum absolute atomic E-state index is 12.6. The zero-order chi connectivity index (χ0) is 24.5. The highest BCUT2D eigenvalue weighted by atomic mass is 35.5. The van der Waals surface area contributed by atoms with Crippen molar-refractivity contribution in [3.05, 3.63) is 69.9 Å². The van der Waals surface area contributed by atoms with E-state index in [1.807, 2.05) is 13.8 Å². The summed E-state index contributed by atoms with van der Waals surface area (Å²) in [6, 6.07) is 10.8. The Labute approximate surface area is 204 Å². The average Bonchev–Trinajstić information content (AvgIpc) is 3.45. The van der Waals surface area contributed by atoms with Gasteiger partial charge in [0.25, 0.3) is 11.3 Å². The summed E-state index contributed by atoms with van der Waals surface area (Å²) < 4.78 is 19.6. The van der Waals surface area contributed by atoms with Crippen molar-refractivity contribution in [3.8, 4) is 17.2 Å². The lowest BCUT2D eigenvalue weighted by molar-refractivity contribution is 0.174. The number of nitrogens with zero attached hydrogens (tertiary/aromatic N) is 4.